The lowest BCUT2D eigenvalue weighted by atomic mass is 10.0. The zero-order chi connectivity index (χ0) is 25.4. The highest BCUT2D eigenvalue weighted by Crippen LogP contribution is 2.28. The lowest BCUT2D eigenvalue weighted by Gasteiger charge is -2.20. The molecule has 9 heteroatoms. The minimum atomic E-state index is -0.593. The van der Waals surface area contributed by atoms with Gasteiger partial charge in [0.1, 0.15) is 5.56 Å². The normalized spacial score (nSPS) is 15.8. The quantitative estimate of drug-likeness (QED) is 0.543. The molecular weight excluding hydrogens is 446 g/mol. The number of esters is 1. The number of benzene rings is 1. The number of pyridine rings is 1. The molecule has 2 aromatic heterocycles. The Morgan fingerprint density at radius 1 is 1.17 bits per heavy atom. The van der Waals surface area contributed by atoms with Crippen LogP contribution in [0.3, 0.4) is 0 Å². The second kappa shape index (κ2) is 9.48. The summed E-state index contributed by atoms with van der Waals surface area (Å²) in [5.41, 5.74) is 4.11. The largest absolute Gasteiger partial charge is 0.462 e. The Kier molecular flexibility index (Phi) is 6.60. The van der Waals surface area contributed by atoms with E-state index >= 15 is 0 Å². The number of anilines is 1. The van der Waals surface area contributed by atoms with E-state index in [0.29, 0.717) is 12.4 Å². The fourth-order valence-corrected chi connectivity index (χ4v) is 4.56. The number of likely N-dealkylation sites (tertiary alicyclic amines) is 1. The average Bonchev–Trinajstić information content (AvgIpc) is 3.38. The van der Waals surface area contributed by atoms with E-state index in [-0.39, 0.29) is 42.3 Å². The average molecular weight is 478 g/mol. The van der Waals surface area contributed by atoms with E-state index in [2.05, 4.69) is 22.5 Å². The van der Waals surface area contributed by atoms with Crippen molar-refractivity contribution in [1.82, 2.24) is 19.7 Å². The van der Waals surface area contributed by atoms with Gasteiger partial charge in [-0.05, 0) is 64.8 Å². The predicted molar refractivity (Wildman–Crippen MR) is 133 cm³/mol. The number of rotatable bonds is 6. The maximum Gasteiger partial charge on any atom is 0.343 e. The third kappa shape index (κ3) is 4.62. The van der Waals surface area contributed by atoms with Gasteiger partial charge < -0.3 is 15.0 Å². The molecule has 0 spiro atoms. The van der Waals surface area contributed by atoms with E-state index in [0.717, 1.165) is 27.6 Å². The van der Waals surface area contributed by atoms with E-state index in [9.17, 15) is 14.4 Å². The highest BCUT2D eigenvalue weighted by Gasteiger charge is 2.36. The van der Waals surface area contributed by atoms with Crippen LogP contribution in [0.5, 0.6) is 0 Å². The van der Waals surface area contributed by atoms with Gasteiger partial charge in [-0.25, -0.2) is 9.78 Å². The van der Waals surface area contributed by atoms with Gasteiger partial charge in [0.25, 0.3) is 0 Å². The molecule has 0 radical (unpaired) electrons. The SMILES string of the molecule is CCOC(=O)c1cnn(-c2cc(C)c3cc(C)cc(C)c3n2)c1NC(=O)C1CC(=O)N(C(C)C)C1. The van der Waals surface area contributed by atoms with Crippen molar-refractivity contribution in [2.24, 2.45) is 5.92 Å². The molecular formula is C26H31N5O4. The van der Waals surface area contributed by atoms with Crippen molar-refractivity contribution in [3.05, 3.63) is 46.6 Å². The fraction of sp³-hybridized carbons (Fsp3) is 0.423. The van der Waals surface area contributed by atoms with Crippen LogP contribution in [-0.2, 0) is 14.3 Å². The zero-order valence-electron chi connectivity index (χ0n) is 21.0. The number of nitrogens with one attached hydrogen (secondary N) is 1. The summed E-state index contributed by atoms with van der Waals surface area (Å²) >= 11 is 0. The molecule has 1 aromatic carbocycles. The Bertz CT molecular complexity index is 1330. The van der Waals surface area contributed by atoms with E-state index in [1.165, 1.54) is 10.9 Å². The molecule has 2 amide bonds. The van der Waals surface area contributed by atoms with Gasteiger partial charge in [0.15, 0.2) is 11.6 Å². The summed E-state index contributed by atoms with van der Waals surface area (Å²) in [5.74, 6) is -0.876. The Morgan fingerprint density at radius 3 is 2.57 bits per heavy atom. The van der Waals surface area contributed by atoms with Crippen LogP contribution in [0.2, 0.25) is 0 Å². The number of aryl methyl sites for hydroxylation is 3. The molecule has 4 rings (SSSR count). The summed E-state index contributed by atoms with van der Waals surface area (Å²) in [4.78, 5) is 44.7. The summed E-state index contributed by atoms with van der Waals surface area (Å²) in [6, 6.07) is 6.03. The van der Waals surface area contributed by atoms with Crippen LogP contribution in [-0.4, -0.2) is 56.6 Å². The number of hydrogen-bond acceptors (Lipinski definition) is 6. The third-order valence-corrected chi connectivity index (χ3v) is 6.32. The van der Waals surface area contributed by atoms with Gasteiger partial charge in [0.05, 0.1) is 24.2 Å². The topological polar surface area (TPSA) is 106 Å². The summed E-state index contributed by atoms with van der Waals surface area (Å²) in [6.07, 6.45) is 1.50. The van der Waals surface area contributed by atoms with Gasteiger partial charge in [-0.1, -0.05) is 11.6 Å². The van der Waals surface area contributed by atoms with Crippen molar-refractivity contribution in [2.75, 3.05) is 18.5 Å². The number of nitrogens with zero attached hydrogens (tertiary/aromatic N) is 4. The number of aromatic nitrogens is 3. The number of ether oxygens (including phenoxy) is 1. The number of fused-ring (bicyclic) bond motifs is 1. The molecule has 1 N–H and O–H groups in total. The highest BCUT2D eigenvalue weighted by molar-refractivity contribution is 6.02. The van der Waals surface area contributed by atoms with Crippen LogP contribution >= 0.6 is 0 Å². The molecule has 35 heavy (non-hydrogen) atoms. The van der Waals surface area contributed by atoms with Gasteiger partial charge >= 0.3 is 5.97 Å². The van der Waals surface area contributed by atoms with Gasteiger partial charge in [-0.15, -0.1) is 0 Å². The van der Waals surface area contributed by atoms with Crippen molar-refractivity contribution < 1.29 is 19.1 Å². The first kappa shape index (κ1) is 24.4. The molecule has 1 fully saturated rings. The predicted octanol–water partition coefficient (Wildman–Crippen LogP) is 3.72. The van der Waals surface area contributed by atoms with Gasteiger partial charge in [-0.2, -0.15) is 9.78 Å². The highest BCUT2D eigenvalue weighted by atomic mass is 16.5. The number of carbonyl (C=O) groups excluding carboxylic acids is 3. The maximum atomic E-state index is 13.2. The second-order valence-corrected chi connectivity index (χ2v) is 9.34. The van der Waals surface area contributed by atoms with Crippen LogP contribution < -0.4 is 5.32 Å². The third-order valence-electron chi connectivity index (χ3n) is 6.32. The van der Waals surface area contributed by atoms with Crippen molar-refractivity contribution in [3.8, 4) is 5.82 Å². The summed E-state index contributed by atoms with van der Waals surface area (Å²) in [5, 5.41) is 8.27. The van der Waals surface area contributed by atoms with Crippen LogP contribution in [0.25, 0.3) is 16.7 Å². The molecule has 1 atom stereocenters. The smallest absolute Gasteiger partial charge is 0.343 e. The molecule has 1 aliphatic rings. The maximum absolute atomic E-state index is 13.2. The monoisotopic (exact) mass is 477 g/mol. The van der Waals surface area contributed by atoms with Crippen LogP contribution in [0, 0.1) is 26.7 Å². The first-order valence-electron chi connectivity index (χ1n) is 11.8. The van der Waals surface area contributed by atoms with E-state index in [1.54, 1.807) is 11.8 Å². The van der Waals surface area contributed by atoms with Gasteiger partial charge in [0.2, 0.25) is 11.8 Å². The first-order chi connectivity index (χ1) is 16.6. The molecule has 1 aliphatic heterocycles. The fourth-order valence-electron chi connectivity index (χ4n) is 4.56. The molecule has 9 nitrogen and oxygen atoms in total. The van der Waals surface area contributed by atoms with E-state index < -0.39 is 11.9 Å². The molecule has 3 aromatic rings. The zero-order valence-corrected chi connectivity index (χ0v) is 21.0. The van der Waals surface area contributed by atoms with Crippen LogP contribution in [0.4, 0.5) is 5.82 Å². The Labute approximate surface area is 204 Å². The van der Waals surface area contributed by atoms with Crippen LogP contribution in [0.1, 0.15) is 54.2 Å². The van der Waals surface area contributed by atoms with Crippen LogP contribution in [0.15, 0.2) is 24.4 Å². The summed E-state index contributed by atoms with van der Waals surface area (Å²) in [7, 11) is 0. The van der Waals surface area contributed by atoms with Crippen molar-refractivity contribution in [3.63, 3.8) is 0 Å². The first-order valence-corrected chi connectivity index (χ1v) is 11.8. The minimum absolute atomic E-state index is 0.0116. The lowest BCUT2D eigenvalue weighted by molar-refractivity contribution is -0.129. The lowest BCUT2D eigenvalue weighted by Crippen LogP contribution is -2.33. The number of hydrogen-bond donors (Lipinski definition) is 1. The summed E-state index contributed by atoms with van der Waals surface area (Å²) < 4.78 is 6.64. The number of amides is 2. The van der Waals surface area contributed by atoms with Gasteiger partial charge in [0, 0.05) is 24.4 Å². The molecule has 0 aliphatic carbocycles. The van der Waals surface area contributed by atoms with Crippen molar-refractivity contribution in [1.29, 1.82) is 0 Å². The number of carbonyl (C=O) groups is 3. The van der Waals surface area contributed by atoms with Crippen molar-refractivity contribution >= 4 is 34.5 Å². The second-order valence-electron chi connectivity index (χ2n) is 9.34. The molecule has 1 unspecified atom stereocenters. The molecule has 184 valence electrons. The van der Waals surface area contributed by atoms with Crippen molar-refractivity contribution in [2.45, 2.75) is 54.0 Å². The van der Waals surface area contributed by atoms with Gasteiger partial charge in [-0.3, -0.25) is 9.59 Å². The van der Waals surface area contributed by atoms with E-state index in [4.69, 9.17) is 9.72 Å². The molecule has 1 saturated heterocycles. The molecule has 3 heterocycles. The molecule has 0 saturated carbocycles. The molecule has 0 bridgehead atoms. The minimum Gasteiger partial charge on any atom is -0.462 e. The Morgan fingerprint density at radius 2 is 1.91 bits per heavy atom. The Hall–Kier alpha value is -3.75. The Balaban J connectivity index is 1.76. The van der Waals surface area contributed by atoms with E-state index in [1.807, 2.05) is 40.7 Å². The standard InChI is InChI=1S/C26H31N5O4/c1-7-35-26(34)20-12-27-31(21-10-16(5)19-9-15(4)8-17(6)23(19)28-21)24(20)29-25(33)18-11-22(32)30(13-18)14(2)3/h8-10,12,14,18H,7,11,13H2,1-6H3,(H,29,33). The summed E-state index contributed by atoms with van der Waals surface area (Å²) in [6.45, 7) is 12.1.